The van der Waals surface area contributed by atoms with Gasteiger partial charge < -0.3 is 4.74 Å². The molecule has 1 aromatic heterocycles. The van der Waals surface area contributed by atoms with Crippen molar-refractivity contribution in [3.05, 3.63) is 40.9 Å². The van der Waals surface area contributed by atoms with Gasteiger partial charge in [-0.1, -0.05) is 12.1 Å². The standard InChI is InChI=1S/C14H17N3OS/c1-10(2)18-13-6-4-5-12(7-13)8-15-17-14-16-11(3)9-19-14/h4-10H,1-3H3,(H,16,17)/b15-8+. The van der Waals surface area contributed by atoms with Crippen LogP contribution in [0.4, 0.5) is 5.13 Å². The molecule has 0 radical (unpaired) electrons. The molecule has 0 unspecified atom stereocenters. The van der Waals surface area contributed by atoms with Crippen molar-refractivity contribution >= 4 is 22.7 Å². The van der Waals surface area contributed by atoms with Gasteiger partial charge >= 0.3 is 0 Å². The number of ether oxygens (including phenoxy) is 1. The Bertz CT molecular complexity index is 563. The van der Waals surface area contributed by atoms with Crippen molar-refractivity contribution in [1.82, 2.24) is 4.98 Å². The minimum absolute atomic E-state index is 0.170. The minimum Gasteiger partial charge on any atom is -0.491 e. The molecule has 0 bridgehead atoms. The summed E-state index contributed by atoms with van der Waals surface area (Å²) >= 11 is 1.54. The normalized spacial score (nSPS) is 11.2. The van der Waals surface area contributed by atoms with E-state index in [0.29, 0.717) is 0 Å². The number of aromatic nitrogens is 1. The Labute approximate surface area is 117 Å². The van der Waals surface area contributed by atoms with Crippen LogP contribution in [-0.2, 0) is 0 Å². The molecule has 19 heavy (non-hydrogen) atoms. The van der Waals surface area contributed by atoms with E-state index in [9.17, 15) is 0 Å². The van der Waals surface area contributed by atoms with Crippen molar-refractivity contribution < 1.29 is 4.74 Å². The maximum Gasteiger partial charge on any atom is 0.203 e. The van der Waals surface area contributed by atoms with Crippen LogP contribution in [0.3, 0.4) is 0 Å². The Kier molecular flexibility index (Phi) is 4.52. The molecule has 1 heterocycles. The number of aryl methyl sites for hydroxylation is 1. The molecule has 0 saturated heterocycles. The summed E-state index contributed by atoms with van der Waals surface area (Å²) in [6, 6.07) is 7.82. The zero-order chi connectivity index (χ0) is 13.7. The predicted molar refractivity (Wildman–Crippen MR) is 80.3 cm³/mol. The van der Waals surface area contributed by atoms with Crippen LogP contribution in [-0.4, -0.2) is 17.3 Å². The number of benzene rings is 1. The molecule has 0 atom stereocenters. The topological polar surface area (TPSA) is 46.5 Å². The third-order valence-electron chi connectivity index (χ3n) is 2.22. The Balaban J connectivity index is 1.98. The Morgan fingerprint density at radius 2 is 2.26 bits per heavy atom. The van der Waals surface area contributed by atoms with Gasteiger partial charge in [-0.3, -0.25) is 5.43 Å². The zero-order valence-electron chi connectivity index (χ0n) is 11.3. The largest absolute Gasteiger partial charge is 0.491 e. The molecule has 0 spiro atoms. The second-order valence-electron chi connectivity index (χ2n) is 4.40. The van der Waals surface area contributed by atoms with Crippen LogP contribution in [0.1, 0.15) is 25.1 Å². The summed E-state index contributed by atoms with van der Waals surface area (Å²) in [4.78, 5) is 4.27. The van der Waals surface area contributed by atoms with Crippen LogP contribution in [0, 0.1) is 6.92 Å². The van der Waals surface area contributed by atoms with E-state index in [-0.39, 0.29) is 6.10 Å². The quantitative estimate of drug-likeness (QED) is 0.668. The summed E-state index contributed by atoms with van der Waals surface area (Å²) in [6.07, 6.45) is 1.92. The minimum atomic E-state index is 0.170. The third-order valence-corrected chi connectivity index (χ3v) is 3.09. The molecule has 0 fully saturated rings. The number of hydrogen-bond acceptors (Lipinski definition) is 5. The van der Waals surface area contributed by atoms with E-state index in [4.69, 9.17) is 4.74 Å². The second kappa shape index (κ2) is 6.33. The smallest absolute Gasteiger partial charge is 0.203 e. The van der Waals surface area contributed by atoms with Gasteiger partial charge in [-0.15, -0.1) is 11.3 Å². The number of nitrogens with one attached hydrogen (secondary N) is 1. The van der Waals surface area contributed by atoms with E-state index >= 15 is 0 Å². The average Bonchev–Trinajstić information content (AvgIpc) is 2.75. The highest BCUT2D eigenvalue weighted by molar-refractivity contribution is 7.13. The van der Waals surface area contributed by atoms with Crippen LogP contribution in [0.5, 0.6) is 5.75 Å². The number of anilines is 1. The molecule has 100 valence electrons. The lowest BCUT2D eigenvalue weighted by Crippen LogP contribution is -2.05. The van der Waals surface area contributed by atoms with E-state index in [1.807, 2.05) is 50.4 Å². The van der Waals surface area contributed by atoms with Crippen molar-refractivity contribution in [2.75, 3.05) is 5.43 Å². The lowest BCUT2D eigenvalue weighted by atomic mass is 10.2. The number of nitrogens with zero attached hydrogens (tertiary/aromatic N) is 2. The maximum atomic E-state index is 5.63. The molecule has 2 aromatic rings. The van der Waals surface area contributed by atoms with Gasteiger partial charge in [-0.25, -0.2) is 4.98 Å². The van der Waals surface area contributed by atoms with E-state index in [0.717, 1.165) is 22.1 Å². The lowest BCUT2D eigenvalue weighted by molar-refractivity contribution is 0.242. The molecule has 0 saturated carbocycles. The van der Waals surface area contributed by atoms with Crippen LogP contribution >= 0.6 is 11.3 Å². The van der Waals surface area contributed by atoms with Crippen molar-refractivity contribution in [2.24, 2.45) is 5.10 Å². The summed E-state index contributed by atoms with van der Waals surface area (Å²) in [5.74, 6) is 0.851. The Morgan fingerprint density at radius 3 is 2.95 bits per heavy atom. The van der Waals surface area contributed by atoms with E-state index in [1.54, 1.807) is 6.21 Å². The fraction of sp³-hybridized carbons (Fsp3) is 0.286. The van der Waals surface area contributed by atoms with Gasteiger partial charge in [0.05, 0.1) is 18.0 Å². The molecule has 1 N–H and O–H groups in total. The van der Waals surface area contributed by atoms with Crippen molar-refractivity contribution in [2.45, 2.75) is 26.9 Å². The summed E-state index contributed by atoms with van der Waals surface area (Å²) < 4.78 is 5.63. The van der Waals surface area contributed by atoms with Gasteiger partial charge in [0.25, 0.3) is 0 Å². The fourth-order valence-corrected chi connectivity index (χ4v) is 2.14. The summed E-state index contributed by atoms with van der Waals surface area (Å²) in [5.41, 5.74) is 4.89. The first-order valence-corrected chi connectivity index (χ1v) is 6.99. The van der Waals surface area contributed by atoms with Crippen LogP contribution < -0.4 is 10.2 Å². The van der Waals surface area contributed by atoms with E-state index < -0.39 is 0 Å². The molecule has 0 amide bonds. The molecule has 1 aromatic carbocycles. The van der Waals surface area contributed by atoms with Gasteiger partial charge in [0, 0.05) is 5.38 Å². The molecule has 0 aliphatic heterocycles. The number of rotatable bonds is 5. The van der Waals surface area contributed by atoms with Crippen LogP contribution in [0.2, 0.25) is 0 Å². The van der Waals surface area contributed by atoms with Crippen molar-refractivity contribution in [1.29, 1.82) is 0 Å². The Hall–Kier alpha value is -1.88. The van der Waals surface area contributed by atoms with Gasteiger partial charge in [-0.05, 0) is 38.5 Å². The maximum absolute atomic E-state index is 5.63. The van der Waals surface area contributed by atoms with Gasteiger partial charge in [0.2, 0.25) is 5.13 Å². The van der Waals surface area contributed by atoms with Gasteiger partial charge in [-0.2, -0.15) is 5.10 Å². The highest BCUT2D eigenvalue weighted by Crippen LogP contribution is 2.15. The molecule has 0 aliphatic rings. The highest BCUT2D eigenvalue weighted by Gasteiger charge is 1.98. The first kappa shape index (κ1) is 13.5. The summed E-state index contributed by atoms with van der Waals surface area (Å²) in [6.45, 7) is 5.97. The highest BCUT2D eigenvalue weighted by atomic mass is 32.1. The number of thiazole rings is 1. The van der Waals surface area contributed by atoms with Crippen molar-refractivity contribution in [3.8, 4) is 5.75 Å². The SMILES string of the molecule is Cc1csc(N/N=C/c2cccc(OC(C)C)c2)n1. The number of hydrogen-bond donors (Lipinski definition) is 1. The lowest BCUT2D eigenvalue weighted by Gasteiger charge is -2.09. The molecule has 0 aliphatic carbocycles. The summed E-state index contributed by atoms with van der Waals surface area (Å²) in [7, 11) is 0. The second-order valence-corrected chi connectivity index (χ2v) is 5.26. The first-order valence-electron chi connectivity index (χ1n) is 6.11. The summed E-state index contributed by atoms with van der Waals surface area (Å²) in [5, 5.41) is 6.94. The molecular formula is C14H17N3OS. The van der Waals surface area contributed by atoms with Crippen LogP contribution in [0.25, 0.3) is 0 Å². The van der Waals surface area contributed by atoms with Crippen molar-refractivity contribution in [3.63, 3.8) is 0 Å². The molecule has 5 heteroatoms. The van der Waals surface area contributed by atoms with E-state index in [1.165, 1.54) is 11.3 Å². The predicted octanol–water partition coefficient (Wildman–Crippen LogP) is 3.68. The van der Waals surface area contributed by atoms with Gasteiger partial charge in [0.1, 0.15) is 5.75 Å². The van der Waals surface area contributed by atoms with Crippen LogP contribution in [0.15, 0.2) is 34.7 Å². The fourth-order valence-electron chi connectivity index (χ4n) is 1.51. The third kappa shape index (κ3) is 4.37. The molecular weight excluding hydrogens is 258 g/mol. The van der Waals surface area contributed by atoms with Gasteiger partial charge in [0.15, 0.2) is 0 Å². The first-order chi connectivity index (χ1) is 9.13. The molecule has 4 nitrogen and oxygen atoms in total. The Morgan fingerprint density at radius 1 is 1.42 bits per heavy atom. The van der Waals surface area contributed by atoms with E-state index in [2.05, 4.69) is 15.5 Å². The monoisotopic (exact) mass is 275 g/mol. The number of hydrazone groups is 1. The molecule has 2 rings (SSSR count). The average molecular weight is 275 g/mol. The zero-order valence-corrected chi connectivity index (χ0v) is 12.1.